The second kappa shape index (κ2) is 9.80. The molecule has 8 rings (SSSR count). The molecule has 3 aliphatic rings. The van der Waals surface area contributed by atoms with Crippen molar-refractivity contribution in [1.82, 2.24) is 14.5 Å². The summed E-state index contributed by atoms with van der Waals surface area (Å²) < 4.78 is 18.9. The highest BCUT2D eigenvalue weighted by Crippen LogP contribution is 2.44. The number of anilines is 2. The Labute approximate surface area is 247 Å². The van der Waals surface area contributed by atoms with Crippen LogP contribution in [0.15, 0.2) is 85.1 Å². The molecule has 5 heterocycles. The Balaban J connectivity index is 1.13. The number of aromatic nitrogens is 2. The normalized spacial score (nSPS) is 16.5. The number of hydrogen-bond acceptors (Lipinski definition) is 7. The van der Waals surface area contributed by atoms with Crippen LogP contribution in [0.3, 0.4) is 0 Å². The second-order valence-electron chi connectivity index (χ2n) is 10.7. The molecule has 0 saturated heterocycles. The van der Waals surface area contributed by atoms with Crippen LogP contribution >= 0.6 is 0 Å². The van der Waals surface area contributed by atoms with Crippen molar-refractivity contribution >= 4 is 34.1 Å². The first kappa shape index (κ1) is 25.2. The summed E-state index contributed by atoms with van der Waals surface area (Å²) in [5.41, 5.74) is 5.08. The minimum Gasteiger partial charge on any atom is -0.454 e. The first-order valence-electron chi connectivity index (χ1n) is 14.1. The largest absolute Gasteiger partial charge is 0.454 e. The summed E-state index contributed by atoms with van der Waals surface area (Å²) >= 11 is 0. The van der Waals surface area contributed by atoms with Crippen LogP contribution in [0.25, 0.3) is 10.9 Å². The minimum atomic E-state index is -0.338. The van der Waals surface area contributed by atoms with Crippen molar-refractivity contribution in [2.45, 2.75) is 19.1 Å². The maximum absolute atomic E-state index is 13.7. The zero-order valence-corrected chi connectivity index (χ0v) is 23.3. The third-order valence-electron chi connectivity index (χ3n) is 8.31. The number of nitrogens with one attached hydrogen (secondary N) is 1. The number of fused-ring (bicyclic) bond motifs is 7. The van der Waals surface area contributed by atoms with Crippen molar-refractivity contribution in [2.24, 2.45) is 0 Å². The zero-order chi connectivity index (χ0) is 29.1. The van der Waals surface area contributed by atoms with Crippen LogP contribution in [0.1, 0.15) is 27.8 Å². The molecule has 2 amide bonds. The summed E-state index contributed by atoms with van der Waals surface area (Å²) in [6, 6.07) is 24.6. The van der Waals surface area contributed by atoms with Crippen molar-refractivity contribution in [2.75, 3.05) is 30.6 Å². The summed E-state index contributed by atoms with van der Waals surface area (Å²) in [4.78, 5) is 35.8. The molecule has 0 aliphatic carbocycles. The molecule has 2 aromatic heterocycles. The standard InChI is InChI=1S/C33H27N5O5/c1-36-25-10-4-3-8-23(25)33(40)37-16-14-22-21-7-2-5-11-26(21)38(30(22)32(36)37)18-29(39)35-24-9-6-15-34-31(24)43-20-12-13-27-28(17-20)42-19-41-27/h2-13,15,17,32H,14,16,18-19H2,1H3,(H,35,39)/t32-/m0/s1. The molecular formula is C33H27N5O5. The molecule has 43 heavy (non-hydrogen) atoms. The Morgan fingerprint density at radius 1 is 1.02 bits per heavy atom. The molecule has 10 nitrogen and oxygen atoms in total. The van der Waals surface area contributed by atoms with E-state index in [1.165, 1.54) is 0 Å². The summed E-state index contributed by atoms with van der Waals surface area (Å²) in [6.45, 7) is 0.810. The van der Waals surface area contributed by atoms with Crippen LogP contribution in [0.2, 0.25) is 0 Å². The van der Waals surface area contributed by atoms with Crippen molar-refractivity contribution < 1.29 is 23.8 Å². The molecule has 5 aromatic rings. The molecule has 10 heteroatoms. The number of carbonyl (C=O) groups is 2. The number of benzene rings is 3. The van der Waals surface area contributed by atoms with Gasteiger partial charge in [-0.25, -0.2) is 4.98 Å². The van der Waals surface area contributed by atoms with Gasteiger partial charge in [0.25, 0.3) is 5.91 Å². The van der Waals surface area contributed by atoms with Crippen LogP contribution in [0.4, 0.5) is 11.4 Å². The summed E-state index contributed by atoms with van der Waals surface area (Å²) in [7, 11) is 2.01. The maximum Gasteiger partial charge on any atom is 0.257 e. The van der Waals surface area contributed by atoms with E-state index in [-0.39, 0.29) is 37.2 Å². The molecule has 214 valence electrons. The van der Waals surface area contributed by atoms with E-state index in [4.69, 9.17) is 14.2 Å². The first-order chi connectivity index (χ1) is 21.1. The Morgan fingerprint density at radius 2 is 1.86 bits per heavy atom. The van der Waals surface area contributed by atoms with Crippen LogP contribution in [0, 0.1) is 0 Å². The van der Waals surface area contributed by atoms with E-state index in [9.17, 15) is 9.59 Å². The Hall–Kier alpha value is -5.51. The lowest BCUT2D eigenvalue weighted by molar-refractivity contribution is -0.116. The lowest BCUT2D eigenvalue weighted by Gasteiger charge is -2.46. The quantitative estimate of drug-likeness (QED) is 0.303. The van der Waals surface area contributed by atoms with Crippen molar-refractivity contribution in [1.29, 1.82) is 0 Å². The van der Waals surface area contributed by atoms with Crippen molar-refractivity contribution in [3.05, 3.63) is 102 Å². The smallest absolute Gasteiger partial charge is 0.257 e. The molecule has 3 aliphatic heterocycles. The number of nitrogens with zero attached hydrogens (tertiary/aromatic N) is 4. The number of rotatable bonds is 5. The minimum absolute atomic E-state index is 0.00581. The fourth-order valence-electron chi connectivity index (χ4n) is 6.43. The highest BCUT2D eigenvalue weighted by Gasteiger charge is 2.42. The molecule has 1 atom stereocenters. The van der Waals surface area contributed by atoms with E-state index in [1.807, 2.05) is 59.0 Å². The van der Waals surface area contributed by atoms with E-state index in [0.717, 1.165) is 27.8 Å². The predicted octanol–water partition coefficient (Wildman–Crippen LogP) is 5.34. The highest BCUT2D eigenvalue weighted by molar-refractivity contribution is 6.03. The van der Waals surface area contributed by atoms with Gasteiger partial charge in [-0.2, -0.15) is 0 Å². The number of ether oxygens (including phenoxy) is 3. The number of para-hydroxylation sites is 2. The number of carbonyl (C=O) groups excluding carboxylic acids is 2. The third-order valence-corrected chi connectivity index (χ3v) is 8.31. The Kier molecular flexibility index (Phi) is 5.75. The van der Waals surface area contributed by atoms with Crippen LogP contribution < -0.4 is 24.4 Å². The van der Waals surface area contributed by atoms with Crippen LogP contribution in [0.5, 0.6) is 23.1 Å². The van der Waals surface area contributed by atoms with Gasteiger partial charge in [-0.3, -0.25) is 9.59 Å². The van der Waals surface area contributed by atoms with Gasteiger partial charge in [-0.05, 0) is 54.4 Å². The van der Waals surface area contributed by atoms with Gasteiger partial charge in [0.2, 0.25) is 18.6 Å². The topological polar surface area (TPSA) is 98.2 Å². The predicted molar refractivity (Wildman–Crippen MR) is 160 cm³/mol. The zero-order valence-electron chi connectivity index (χ0n) is 23.3. The SMILES string of the molecule is CN1c2ccccc2C(=O)N2CCc3c(n(CC(=O)Nc4cccnc4Oc4ccc5c(c4)OCO5)c4ccccc34)[C@H]21. The van der Waals surface area contributed by atoms with Crippen LogP contribution in [-0.2, 0) is 17.8 Å². The average molecular weight is 574 g/mol. The van der Waals surface area contributed by atoms with Gasteiger partial charge in [0.1, 0.15) is 24.1 Å². The lowest BCUT2D eigenvalue weighted by Crippen LogP contribution is -2.51. The van der Waals surface area contributed by atoms with E-state index in [1.54, 1.807) is 36.5 Å². The average Bonchev–Trinajstić information content (AvgIpc) is 3.63. The van der Waals surface area contributed by atoms with E-state index in [0.29, 0.717) is 41.5 Å². The highest BCUT2D eigenvalue weighted by atomic mass is 16.7. The van der Waals surface area contributed by atoms with E-state index in [2.05, 4.69) is 21.3 Å². The van der Waals surface area contributed by atoms with Gasteiger partial charge in [0, 0.05) is 36.8 Å². The van der Waals surface area contributed by atoms with E-state index >= 15 is 0 Å². The second-order valence-corrected chi connectivity index (χ2v) is 10.7. The molecule has 0 radical (unpaired) electrons. The van der Waals surface area contributed by atoms with Gasteiger partial charge >= 0.3 is 0 Å². The summed E-state index contributed by atoms with van der Waals surface area (Å²) in [6.07, 6.45) is 1.98. The Morgan fingerprint density at radius 3 is 2.79 bits per heavy atom. The summed E-state index contributed by atoms with van der Waals surface area (Å²) in [5, 5.41) is 4.10. The fraction of sp³-hybridized carbons (Fsp3) is 0.182. The molecule has 0 fully saturated rings. The number of amides is 2. The van der Waals surface area contributed by atoms with Crippen molar-refractivity contribution in [3.63, 3.8) is 0 Å². The molecular weight excluding hydrogens is 546 g/mol. The fourth-order valence-corrected chi connectivity index (χ4v) is 6.43. The molecule has 0 unspecified atom stereocenters. The van der Waals surface area contributed by atoms with Crippen molar-refractivity contribution in [3.8, 4) is 23.1 Å². The van der Waals surface area contributed by atoms with Gasteiger partial charge in [0.05, 0.1) is 16.9 Å². The van der Waals surface area contributed by atoms with Gasteiger partial charge in [0.15, 0.2) is 11.5 Å². The maximum atomic E-state index is 13.7. The van der Waals surface area contributed by atoms with Gasteiger partial charge in [-0.1, -0.05) is 30.3 Å². The number of hydrogen-bond donors (Lipinski definition) is 1. The molecule has 1 N–H and O–H groups in total. The van der Waals surface area contributed by atoms with Gasteiger partial charge in [-0.15, -0.1) is 0 Å². The molecule has 0 bridgehead atoms. The molecule has 0 spiro atoms. The first-order valence-corrected chi connectivity index (χ1v) is 14.1. The Bertz CT molecular complexity index is 1930. The van der Waals surface area contributed by atoms with E-state index < -0.39 is 0 Å². The molecule has 0 saturated carbocycles. The molecule has 3 aromatic carbocycles. The third kappa shape index (κ3) is 4.05. The van der Waals surface area contributed by atoms with Crippen LogP contribution in [-0.4, -0.2) is 46.7 Å². The summed E-state index contributed by atoms with van der Waals surface area (Å²) in [5.74, 6) is 1.77. The number of pyridine rings is 1. The lowest BCUT2D eigenvalue weighted by atomic mass is 9.96. The van der Waals surface area contributed by atoms with Gasteiger partial charge < -0.3 is 33.9 Å². The monoisotopic (exact) mass is 573 g/mol.